The zero-order chi connectivity index (χ0) is 22.5. The third kappa shape index (κ3) is 4.86. The summed E-state index contributed by atoms with van der Waals surface area (Å²) in [4.78, 5) is 14.4. The van der Waals surface area contributed by atoms with Crippen molar-refractivity contribution in [1.82, 2.24) is 19.7 Å². The highest BCUT2D eigenvalue weighted by atomic mass is 32.2. The fourth-order valence-electron chi connectivity index (χ4n) is 3.25. The molecular formula is C24H24N4O3S. The van der Waals surface area contributed by atoms with Crippen LogP contribution in [0.2, 0.25) is 0 Å². The van der Waals surface area contributed by atoms with Gasteiger partial charge in [0.15, 0.2) is 11.0 Å². The van der Waals surface area contributed by atoms with E-state index in [-0.39, 0.29) is 11.7 Å². The molecule has 32 heavy (non-hydrogen) atoms. The quantitative estimate of drug-likeness (QED) is 0.367. The Bertz CT molecular complexity index is 1200. The molecule has 0 unspecified atom stereocenters. The summed E-state index contributed by atoms with van der Waals surface area (Å²) in [6, 6.07) is 21.3. The second-order valence-electron chi connectivity index (χ2n) is 7.26. The summed E-state index contributed by atoms with van der Waals surface area (Å²) in [5.41, 5.74) is 1.80. The fourth-order valence-corrected chi connectivity index (χ4v) is 4.14. The predicted octanol–water partition coefficient (Wildman–Crippen LogP) is 4.60. The largest absolute Gasteiger partial charge is 0.497 e. The van der Waals surface area contributed by atoms with E-state index in [1.165, 1.54) is 11.8 Å². The summed E-state index contributed by atoms with van der Waals surface area (Å²) in [7, 11) is 3.40. The molecule has 1 amide bonds. The number of methoxy groups -OCH3 is 1. The van der Waals surface area contributed by atoms with Crippen LogP contribution in [-0.4, -0.2) is 45.5 Å². The zero-order valence-electron chi connectivity index (χ0n) is 18.2. The van der Waals surface area contributed by atoms with Crippen LogP contribution in [0.1, 0.15) is 11.5 Å². The van der Waals surface area contributed by atoms with Crippen LogP contribution in [0, 0.1) is 6.92 Å². The van der Waals surface area contributed by atoms with Gasteiger partial charge in [0.25, 0.3) is 0 Å². The summed E-state index contributed by atoms with van der Waals surface area (Å²) in [5.74, 6) is 3.23. The van der Waals surface area contributed by atoms with Gasteiger partial charge < -0.3 is 14.1 Å². The highest BCUT2D eigenvalue weighted by Crippen LogP contribution is 2.29. The van der Waals surface area contributed by atoms with E-state index in [9.17, 15) is 4.79 Å². The first-order valence-electron chi connectivity index (χ1n) is 10.1. The first kappa shape index (κ1) is 21.7. The molecule has 0 spiro atoms. The molecule has 7 nitrogen and oxygen atoms in total. The molecule has 0 fully saturated rings. The molecule has 0 bridgehead atoms. The highest BCUT2D eigenvalue weighted by molar-refractivity contribution is 7.99. The van der Waals surface area contributed by atoms with Gasteiger partial charge in [-0.15, -0.1) is 10.2 Å². The molecule has 0 saturated carbocycles. The molecule has 0 aliphatic carbocycles. The monoisotopic (exact) mass is 448 g/mol. The molecule has 164 valence electrons. The van der Waals surface area contributed by atoms with E-state index < -0.39 is 0 Å². The van der Waals surface area contributed by atoms with Crippen LogP contribution in [0.3, 0.4) is 0 Å². The third-order valence-electron chi connectivity index (χ3n) is 4.92. The van der Waals surface area contributed by atoms with Gasteiger partial charge in [0.1, 0.15) is 17.3 Å². The van der Waals surface area contributed by atoms with E-state index in [2.05, 4.69) is 10.2 Å². The lowest BCUT2D eigenvalue weighted by Gasteiger charge is -2.16. The van der Waals surface area contributed by atoms with E-state index in [1.54, 1.807) is 19.1 Å². The number of nitrogens with zero attached hydrogens (tertiary/aromatic N) is 4. The molecule has 2 heterocycles. The van der Waals surface area contributed by atoms with Crippen molar-refractivity contribution in [3.8, 4) is 22.8 Å². The number of furan rings is 1. The van der Waals surface area contributed by atoms with Crippen molar-refractivity contribution < 1.29 is 13.9 Å². The minimum Gasteiger partial charge on any atom is -0.497 e. The van der Waals surface area contributed by atoms with Crippen molar-refractivity contribution >= 4 is 17.7 Å². The van der Waals surface area contributed by atoms with Crippen molar-refractivity contribution in [2.24, 2.45) is 0 Å². The molecule has 0 aliphatic heterocycles. The Morgan fingerprint density at radius 3 is 2.62 bits per heavy atom. The molecule has 2 aromatic heterocycles. The third-order valence-corrected chi connectivity index (χ3v) is 5.83. The lowest BCUT2D eigenvalue weighted by atomic mass is 10.2. The molecule has 4 rings (SSSR count). The summed E-state index contributed by atoms with van der Waals surface area (Å²) in [5, 5.41) is 9.46. The number of benzene rings is 2. The van der Waals surface area contributed by atoms with Crippen molar-refractivity contribution in [1.29, 1.82) is 0 Å². The molecule has 0 saturated heterocycles. The van der Waals surface area contributed by atoms with E-state index in [0.29, 0.717) is 17.5 Å². The first-order chi connectivity index (χ1) is 15.5. The van der Waals surface area contributed by atoms with Gasteiger partial charge in [0, 0.05) is 18.3 Å². The minimum absolute atomic E-state index is 0.0189. The molecule has 4 aromatic rings. The molecule has 0 N–H and O–H groups in total. The van der Waals surface area contributed by atoms with Gasteiger partial charge in [-0.05, 0) is 43.3 Å². The van der Waals surface area contributed by atoms with E-state index in [1.807, 2.05) is 78.2 Å². The highest BCUT2D eigenvalue weighted by Gasteiger charge is 2.19. The Morgan fingerprint density at radius 2 is 1.91 bits per heavy atom. The number of thioether (sulfide) groups is 1. The SMILES string of the molecule is COc1cccc(-c2nnc(SCC(=O)N(C)Cc3ccc(C)o3)n2-c2ccccc2)c1. The summed E-state index contributed by atoms with van der Waals surface area (Å²) in [6.45, 7) is 2.31. The fraction of sp³-hybridized carbons (Fsp3) is 0.208. The summed E-state index contributed by atoms with van der Waals surface area (Å²) < 4.78 is 12.9. The van der Waals surface area contributed by atoms with Gasteiger partial charge in [0.05, 0.1) is 19.4 Å². The number of rotatable bonds is 8. The van der Waals surface area contributed by atoms with Gasteiger partial charge >= 0.3 is 0 Å². The number of para-hydroxylation sites is 1. The standard InChI is InChI=1S/C24H24N4O3S/c1-17-12-13-21(31-17)15-27(2)22(29)16-32-24-26-25-23(18-8-7-11-20(14-18)30-3)28(24)19-9-5-4-6-10-19/h4-14H,15-16H2,1-3H3. The van der Waals surface area contributed by atoms with E-state index >= 15 is 0 Å². The van der Waals surface area contributed by atoms with Crippen molar-refractivity contribution in [2.45, 2.75) is 18.6 Å². The van der Waals surface area contributed by atoms with E-state index in [0.717, 1.165) is 28.5 Å². The number of aryl methyl sites for hydroxylation is 1. The van der Waals surface area contributed by atoms with Crippen LogP contribution in [0.5, 0.6) is 5.75 Å². The van der Waals surface area contributed by atoms with Crippen LogP contribution in [0.4, 0.5) is 0 Å². The Morgan fingerprint density at radius 1 is 1.09 bits per heavy atom. The number of aromatic nitrogens is 3. The smallest absolute Gasteiger partial charge is 0.233 e. The average molecular weight is 449 g/mol. The lowest BCUT2D eigenvalue weighted by Crippen LogP contribution is -2.27. The lowest BCUT2D eigenvalue weighted by molar-refractivity contribution is -0.127. The van der Waals surface area contributed by atoms with Gasteiger partial charge in [-0.1, -0.05) is 42.1 Å². The average Bonchev–Trinajstić information content (AvgIpc) is 3.43. The van der Waals surface area contributed by atoms with Crippen molar-refractivity contribution in [2.75, 3.05) is 19.9 Å². The van der Waals surface area contributed by atoms with Crippen LogP contribution < -0.4 is 4.74 Å². The Hall–Kier alpha value is -3.52. The van der Waals surface area contributed by atoms with Gasteiger partial charge in [-0.2, -0.15) is 0 Å². The number of carbonyl (C=O) groups excluding carboxylic acids is 1. The number of amides is 1. The van der Waals surface area contributed by atoms with Crippen LogP contribution >= 0.6 is 11.8 Å². The van der Waals surface area contributed by atoms with Crippen LogP contribution in [-0.2, 0) is 11.3 Å². The number of carbonyl (C=O) groups is 1. The second-order valence-corrected chi connectivity index (χ2v) is 8.20. The van der Waals surface area contributed by atoms with E-state index in [4.69, 9.17) is 9.15 Å². The van der Waals surface area contributed by atoms with Crippen LogP contribution in [0.15, 0.2) is 76.3 Å². The normalized spacial score (nSPS) is 10.8. The molecule has 2 aromatic carbocycles. The maximum Gasteiger partial charge on any atom is 0.233 e. The molecule has 0 radical (unpaired) electrons. The summed E-state index contributed by atoms with van der Waals surface area (Å²) in [6.07, 6.45) is 0. The molecule has 8 heteroatoms. The minimum atomic E-state index is -0.0189. The van der Waals surface area contributed by atoms with Crippen molar-refractivity contribution in [3.05, 3.63) is 78.3 Å². The number of hydrogen-bond donors (Lipinski definition) is 0. The van der Waals surface area contributed by atoms with Gasteiger partial charge in [-0.3, -0.25) is 9.36 Å². The summed E-state index contributed by atoms with van der Waals surface area (Å²) >= 11 is 1.36. The van der Waals surface area contributed by atoms with Gasteiger partial charge in [0.2, 0.25) is 5.91 Å². The van der Waals surface area contributed by atoms with Crippen LogP contribution in [0.25, 0.3) is 17.1 Å². The van der Waals surface area contributed by atoms with Crippen molar-refractivity contribution in [3.63, 3.8) is 0 Å². The Balaban J connectivity index is 1.57. The number of ether oxygens (including phenoxy) is 1. The zero-order valence-corrected chi connectivity index (χ0v) is 19.0. The predicted molar refractivity (Wildman–Crippen MR) is 124 cm³/mol. The second kappa shape index (κ2) is 9.74. The maximum atomic E-state index is 12.7. The topological polar surface area (TPSA) is 73.4 Å². The Labute approximate surface area is 191 Å². The molecule has 0 aliphatic rings. The Kier molecular flexibility index (Phi) is 6.61. The van der Waals surface area contributed by atoms with Gasteiger partial charge in [-0.25, -0.2) is 0 Å². The molecular weight excluding hydrogens is 424 g/mol. The number of hydrogen-bond acceptors (Lipinski definition) is 6. The maximum absolute atomic E-state index is 12.7. The molecule has 0 atom stereocenters. The first-order valence-corrected chi connectivity index (χ1v) is 11.1.